The van der Waals surface area contributed by atoms with Gasteiger partial charge in [-0.1, -0.05) is 0 Å². The van der Waals surface area contributed by atoms with Gasteiger partial charge in [-0.3, -0.25) is 9.59 Å². The minimum Gasteiger partial charge on any atom is -0.366 e. The Bertz CT molecular complexity index is 693. The Morgan fingerprint density at radius 3 is 2.26 bits per heavy atom. The van der Waals surface area contributed by atoms with E-state index >= 15 is 0 Å². The van der Waals surface area contributed by atoms with Crippen LogP contribution in [0, 0.1) is 13.8 Å². The predicted molar refractivity (Wildman–Crippen MR) is 88.2 cm³/mol. The van der Waals surface area contributed by atoms with E-state index in [9.17, 15) is 9.59 Å². The Kier molecular flexibility index (Phi) is 5.24. The molecule has 0 radical (unpaired) electrons. The molecule has 0 aliphatic carbocycles. The number of rotatable bonds is 6. The number of nitrogens with zero attached hydrogens (tertiary/aromatic N) is 2. The van der Waals surface area contributed by atoms with Crippen molar-refractivity contribution < 1.29 is 9.59 Å². The Labute approximate surface area is 134 Å². The molecule has 1 heterocycles. The normalized spacial score (nSPS) is 10.2. The minimum atomic E-state index is -0.500. The minimum absolute atomic E-state index is 0.145. The fourth-order valence-electron chi connectivity index (χ4n) is 2.03. The van der Waals surface area contributed by atoms with Gasteiger partial charge in [-0.05, 0) is 44.2 Å². The summed E-state index contributed by atoms with van der Waals surface area (Å²) in [5.41, 5.74) is 7.92. The van der Waals surface area contributed by atoms with E-state index in [1.54, 1.807) is 24.3 Å². The molecule has 120 valence electrons. The maximum atomic E-state index is 11.9. The van der Waals surface area contributed by atoms with Crippen LogP contribution in [0.1, 0.15) is 28.2 Å². The first-order valence-corrected chi connectivity index (χ1v) is 7.20. The molecule has 0 fully saturated rings. The van der Waals surface area contributed by atoms with Crippen LogP contribution >= 0.6 is 0 Å². The first-order chi connectivity index (χ1) is 10.9. The highest BCUT2D eigenvalue weighted by atomic mass is 16.2. The summed E-state index contributed by atoms with van der Waals surface area (Å²) in [4.78, 5) is 31.3. The van der Waals surface area contributed by atoms with Crippen LogP contribution < -0.4 is 16.4 Å². The van der Waals surface area contributed by atoms with Crippen molar-refractivity contribution >= 4 is 23.5 Å². The van der Waals surface area contributed by atoms with E-state index < -0.39 is 5.91 Å². The number of hydrogen-bond donors (Lipinski definition) is 3. The molecule has 4 N–H and O–H groups in total. The number of carbonyl (C=O) groups is 2. The highest BCUT2D eigenvalue weighted by Gasteiger charge is 2.05. The smallest absolute Gasteiger partial charge is 0.248 e. The third kappa shape index (κ3) is 5.06. The number of nitrogens with one attached hydrogen (secondary N) is 2. The maximum Gasteiger partial charge on any atom is 0.248 e. The number of carbonyl (C=O) groups excluding carboxylic acids is 2. The van der Waals surface area contributed by atoms with E-state index in [0.29, 0.717) is 23.7 Å². The van der Waals surface area contributed by atoms with Gasteiger partial charge in [0.05, 0.1) is 0 Å². The molecular weight excluding hydrogens is 294 g/mol. The van der Waals surface area contributed by atoms with Crippen LogP contribution in [0.3, 0.4) is 0 Å². The van der Waals surface area contributed by atoms with Crippen LogP contribution in [0.5, 0.6) is 0 Å². The van der Waals surface area contributed by atoms with Crippen LogP contribution in [0.4, 0.5) is 11.6 Å². The summed E-state index contributed by atoms with van der Waals surface area (Å²) >= 11 is 0. The molecule has 0 saturated heterocycles. The second-order valence-electron chi connectivity index (χ2n) is 5.14. The molecule has 0 spiro atoms. The first-order valence-electron chi connectivity index (χ1n) is 7.20. The molecule has 23 heavy (non-hydrogen) atoms. The molecule has 2 aromatic rings. The summed E-state index contributed by atoms with van der Waals surface area (Å²) in [5.74, 6) is -0.129. The molecule has 0 saturated carbocycles. The quantitative estimate of drug-likeness (QED) is 0.751. The van der Waals surface area contributed by atoms with Gasteiger partial charge < -0.3 is 16.4 Å². The van der Waals surface area contributed by atoms with Crippen molar-refractivity contribution in [3.05, 3.63) is 47.3 Å². The van der Waals surface area contributed by atoms with Crippen molar-refractivity contribution in [3.63, 3.8) is 0 Å². The van der Waals surface area contributed by atoms with Crippen LogP contribution in [-0.4, -0.2) is 28.3 Å². The summed E-state index contributed by atoms with van der Waals surface area (Å²) in [7, 11) is 0. The van der Waals surface area contributed by atoms with Crippen molar-refractivity contribution in [2.24, 2.45) is 5.73 Å². The van der Waals surface area contributed by atoms with Gasteiger partial charge in [-0.2, -0.15) is 0 Å². The standard InChI is InChI=1S/C16H19N5O2/c1-10-9-11(2)20-16(19-10)18-8-7-14(22)21-13-5-3-12(4-6-13)15(17)23/h3-6,9H,7-8H2,1-2H3,(H2,17,23)(H,21,22)(H,18,19,20). The van der Waals surface area contributed by atoms with E-state index in [2.05, 4.69) is 20.6 Å². The van der Waals surface area contributed by atoms with Crippen LogP contribution in [-0.2, 0) is 4.79 Å². The van der Waals surface area contributed by atoms with Crippen molar-refractivity contribution in [3.8, 4) is 0 Å². The summed E-state index contributed by atoms with van der Waals surface area (Å²) in [6.45, 7) is 4.21. The first kappa shape index (κ1) is 16.4. The Morgan fingerprint density at radius 1 is 1.09 bits per heavy atom. The fourth-order valence-corrected chi connectivity index (χ4v) is 2.03. The van der Waals surface area contributed by atoms with E-state index in [-0.39, 0.29) is 12.3 Å². The van der Waals surface area contributed by atoms with E-state index in [4.69, 9.17) is 5.73 Å². The third-order valence-corrected chi connectivity index (χ3v) is 3.07. The lowest BCUT2D eigenvalue weighted by atomic mass is 10.2. The molecule has 2 rings (SSSR count). The summed E-state index contributed by atoms with van der Waals surface area (Å²) in [5, 5.41) is 5.77. The number of anilines is 2. The molecule has 0 atom stereocenters. The Hall–Kier alpha value is -2.96. The predicted octanol–water partition coefficient (Wildman–Crippen LogP) is 1.63. The van der Waals surface area contributed by atoms with E-state index in [0.717, 1.165) is 11.4 Å². The fraction of sp³-hybridized carbons (Fsp3) is 0.250. The van der Waals surface area contributed by atoms with Crippen LogP contribution in [0.2, 0.25) is 0 Å². The molecule has 7 heteroatoms. The second-order valence-corrected chi connectivity index (χ2v) is 5.14. The van der Waals surface area contributed by atoms with Crippen molar-refractivity contribution in [1.82, 2.24) is 9.97 Å². The number of nitrogens with two attached hydrogens (primary N) is 1. The van der Waals surface area contributed by atoms with Crippen molar-refractivity contribution in [1.29, 1.82) is 0 Å². The molecule has 0 aliphatic heterocycles. The Morgan fingerprint density at radius 2 is 1.70 bits per heavy atom. The third-order valence-electron chi connectivity index (χ3n) is 3.07. The van der Waals surface area contributed by atoms with Crippen molar-refractivity contribution in [2.45, 2.75) is 20.3 Å². The molecule has 1 aromatic heterocycles. The zero-order valence-corrected chi connectivity index (χ0v) is 13.1. The van der Waals surface area contributed by atoms with Gasteiger partial charge in [0.2, 0.25) is 17.8 Å². The highest BCUT2D eigenvalue weighted by molar-refractivity contribution is 5.94. The molecular formula is C16H19N5O2. The lowest BCUT2D eigenvalue weighted by molar-refractivity contribution is -0.115. The van der Waals surface area contributed by atoms with Crippen molar-refractivity contribution in [2.75, 3.05) is 17.2 Å². The van der Waals surface area contributed by atoms with Gasteiger partial charge >= 0.3 is 0 Å². The van der Waals surface area contributed by atoms with E-state index in [1.165, 1.54) is 0 Å². The molecule has 0 aliphatic rings. The Balaban J connectivity index is 1.81. The molecule has 7 nitrogen and oxygen atoms in total. The largest absolute Gasteiger partial charge is 0.366 e. The topological polar surface area (TPSA) is 110 Å². The zero-order valence-electron chi connectivity index (χ0n) is 13.1. The summed E-state index contributed by atoms with van der Waals surface area (Å²) in [6.07, 6.45) is 0.272. The average molecular weight is 313 g/mol. The number of aromatic nitrogens is 2. The molecule has 1 aromatic carbocycles. The lowest BCUT2D eigenvalue weighted by Crippen LogP contribution is -2.17. The lowest BCUT2D eigenvalue weighted by Gasteiger charge is -2.08. The number of benzene rings is 1. The monoisotopic (exact) mass is 313 g/mol. The molecule has 0 bridgehead atoms. The van der Waals surface area contributed by atoms with Gasteiger partial charge in [0.15, 0.2) is 0 Å². The highest BCUT2D eigenvalue weighted by Crippen LogP contribution is 2.09. The van der Waals surface area contributed by atoms with Crippen LogP contribution in [0.15, 0.2) is 30.3 Å². The molecule has 2 amide bonds. The maximum absolute atomic E-state index is 11.9. The van der Waals surface area contributed by atoms with Gasteiger partial charge in [0.25, 0.3) is 0 Å². The summed E-state index contributed by atoms with van der Waals surface area (Å²) in [6, 6.07) is 8.30. The number of aryl methyl sites for hydroxylation is 2. The van der Waals surface area contributed by atoms with Gasteiger partial charge in [-0.15, -0.1) is 0 Å². The number of hydrogen-bond acceptors (Lipinski definition) is 5. The van der Waals surface area contributed by atoms with E-state index in [1.807, 2.05) is 19.9 Å². The number of primary amides is 1. The molecule has 0 unspecified atom stereocenters. The summed E-state index contributed by atoms with van der Waals surface area (Å²) < 4.78 is 0. The van der Waals surface area contributed by atoms with Crippen LogP contribution in [0.25, 0.3) is 0 Å². The SMILES string of the molecule is Cc1cc(C)nc(NCCC(=O)Nc2ccc(C(N)=O)cc2)n1. The van der Waals surface area contributed by atoms with Gasteiger partial charge in [0, 0.05) is 35.6 Å². The van der Waals surface area contributed by atoms with Gasteiger partial charge in [-0.25, -0.2) is 9.97 Å². The van der Waals surface area contributed by atoms with Gasteiger partial charge in [0.1, 0.15) is 0 Å². The zero-order chi connectivity index (χ0) is 16.8. The average Bonchev–Trinajstić information content (AvgIpc) is 2.46. The second kappa shape index (κ2) is 7.35. The number of amides is 2.